The molecule has 0 fully saturated rings. The Morgan fingerprint density at radius 1 is 1.11 bits per heavy atom. The van der Waals surface area contributed by atoms with Crippen LogP contribution in [-0.4, -0.2) is 9.97 Å². The first kappa shape index (κ1) is 10.4. The molecule has 3 aromatic rings. The minimum absolute atomic E-state index is 0.608. The van der Waals surface area contributed by atoms with Crippen LogP contribution in [0.15, 0.2) is 48.7 Å². The van der Waals surface area contributed by atoms with E-state index in [1.54, 1.807) is 6.20 Å². The minimum Gasteiger partial charge on any atom is -0.340 e. The van der Waals surface area contributed by atoms with Crippen LogP contribution >= 0.6 is 0 Å². The SMILES string of the molecule is N#Cc1c(Nc2ccccn2)[nH]c2ccccc12. The van der Waals surface area contributed by atoms with E-state index in [-0.39, 0.29) is 0 Å². The monoisotopic (exact) mass is 234 g/mol. The third-order valence-electron chi connectivity index (χ3n) is 2.74. The number of fused-ring (bicyclic) bond motifs is 1. The Hall–Kier alpha value is -2.80. The molecule has 0 amide bonds. The molecule has 4 heteroatoms. The Morgan fingerprint density at radius 2 is 1.94 bits per heavy atom. The maximum absolute atomic E-state index is 9.25. The van der Waals surface area contributed by atoms with Gasteiger partial charge in [-0.1, -0.05) is 24.3 Å². The topological polar surface area (TPSA) is 64.5 Å². The quantitative estimate of drug-likeness (QED) is 0.715. The molecule has 2 heterocycles. The largest absolute Gasteiger partial charge is 0.340 e. The summed E-state index contributed by atoms with van der Waals surface area (Å²) >= 11 is 0. The second-order valence-electron chi connectivity index (χ2n) is 3.87. The number of para-hydroxylation sites is 1. The van der Waals surface area contributed by atoms with Crippen molar-refractivity contribution in [3.05, 3.63) is 54.2 Å². The smallest absolute Gasteiger partial charge is 0.131 e. The zero-order chi connectivity index (χ0) is 12.4. The highest BCUT2D eigenvalue weighted by molar-refractivity contribution is 5.92. The summed E-state index contributed by atoms with van der Waals surface area (Å²) in [5.74, 6) is 1.39. The predicted molar refractivity (Wildman–Crippen MR) is 70.5 cm³/mol. The summed E-state index contributed by atoms with van der Waals surface area (Å²) in [6, 6.07) is 15.5. The molecule has 0 spiro atoms. The van der Waals surface area contributed by atoms with Gasteiger partial charge in [-0.15, -0.1) is 0 Å². The van der Waals surface area contributed by atoms with Gasteiger partial charge in [-0.25, -0.2) is 4.98 Å². The van der Waals surface area contributed by atoms with Crippen molar-refractivity contribution in [1.29, 1.82) is 5.26 Å². The first-order valence-electron chi connectivity index (χ1n) is 5.57. The van der Waals surface area contributed by atoms with Crippen LogP contribution in [0.2, 0.25) is 0 Å². The number of nitrogens with zero attached hydrogens (tertiary/aromatic N) is 2. The average molecular weight is 234 g/mol. The molecule has 0 radical (unpaired) electrons. The summed E-state index contributed by atoms with van der Waals surface area (Å²) in [4.78, 5) is 7.37. The molecule has 2 aromatic heterocycles. The second kappa shape index (κ2) is 4.22. The Kier molecular flexibility index (Phi) is 2.43. The lowest BCUT2D eigenvalue weighted by Gasteiger charge is -2.02. The van der Waals surface area contributed by atoms with Crippen molar-refractivity contribution in [3.63, 3.8) is 0 Å². The van der Waals surface area contributed by atoms with Crippen molar-refractivity contribution in [2.75, 3.05) is 5.32 Å². The molecule has 0 aliphatic carbocycles. The van der Waals surface area contributed by atoms with Crippen molar-refractivity contribution in [2.45, 2.75) is 0 Å². The number of hydrogen-bond donors (Lipinski definition) is 2. The number of aromatic amines is 1. The molecule has 1 aromatic carbocycles. The predicted octanol–water partition coefficient (Wildman–Crippen LogP) is 3.18. The van der Waals surface area contributed by atoms with Crippen LogP contribution < -0.4 is 5.32 Å². The molecule has 18 heavy (non-hydrogen) atoms. The van der Waals surface area contributed by atoms with Crippen molar-refractivity contribution in [1.82, 2.24) is 9.97 Å². The van der Waals surface area contributed by atoms with Crippen LogP contribution in [-0.2, 0) is 0 Å². The molecule has 0 saturated carbocycles. The van der Waals surface area contributed by atoms with Crippen LogP contribution in [0.5, 0.6) is 0 Å². The van der Waals surface area contributed by atoms with E-state index in [0.717, 1.165) is 10.9 Å². The van der Waals surface area contributed by atoms with E-state index < -0.39 is 0 Å². The molecule has 3 rings (SSSR count). The van der Waals surface area contributed by atoms with E-state index in [4.69, 9.17) is 0 Å². The fraction of sp³-hybridized carbons (Fsp3) is 0. The number of anilines is 2. The Morgan fingerprint density at radius 3 is 2.72 bits per heavy atom. The number of aromatic nitrogens is 2. The maximum Gasteiger partial charge on any atom is 0.131 e. The lowest BCUT2D eigenvalue weighted by atomic mass is 10.2. The number of pyridine rings is 1. The van der Waals surface area contributed by atoms with Crippen LogP contribution in [0, 0.1) is 11.3 Å². The van der Waals surface area contributed by atoms with Gasteiger partial charge < -0.3 is 10.3 Å². The van der Waals surface area contributed by atoms with Crippen LogP contribution in [0.4, 0.5) is 11.6 Å². The zero-order valence-electron chi connectivity index (χ0n) is 9.51. The summed E-state index contributed by atoms with van der Waals surface area (Å²) in [7, 11) is 0. The molecule has 4 nitrogen and oxygen atoms in total. The Labute approximate surface area is 104 Å². The number of hydrogen-bond acceptors (Lipinski definition) is 3. The van der Waals surface area contributed by atoms with E-state index in [1.807, 2.05) is 42.5 Å². The highest BCUT2D eigenvalue weighted by atomic mass is 15.1. The standard InChI is InChI=1S/C14H10N4/c15-9-11-10-5-1-2-6-12(10)17-14(11)18-13-7-3-4-8-16-13/h1-8,17H,(H,16,18). The van der Waals surface area contributed by atoms with Gasteiger partial charge in [0.15, 0.2) is 0 Å². The number of rotatable bonds is 2. The van der Waals surface area contributed by atoms with Crippen LogP contribution in [0.3, 0.4) is 0 Å². The van der Waals surface area contributed by atoms with Crippen molar-refractivity contribution in [3.8, 4) is 6.07 Å². The first-order chi connectivity index (χ1) is 8.88. The second-order valence-corrected chi connectivity index (χ2v) is 3.87. The number of H-pyrrole nitrogens is 1. The van der Waals surface area contributed by atoms with Crippen LogP contribution in [0.1, 0.15) is 5.56 Å². The fourth-order valence-corrected chi connectivity index (χ4v) is 1.92. The van der Waals surface area contributed by atoms with Gasteiger partial charge in [0.1, 0.15) is 23.3 Å². The van der Waals surface area contributed by atoms with E-state index in [1.165, 1.54) is 0 Å². The highest BCUT2D eigenvalue weighted by Gasteiger charge is 2.10. The van der Waals surface area contributed by atoms with Gasteiger partial charge >= 0.3 is 0 Å². The third-order valence-corrected chi connectivity index (χ3v) is 2.74. The molecule has 0 aliphatic rings. The molecular formula is C14H10N4. The van der Waals surface area contributed by atoms with E-state index >= 15 is 0 Å². The zero-order valence-corrected chi connectivity index (χ0v) is 9.51. The summed E-state index contributed by atoms with van der Waals surface area (Å²) in [5.41, 5.74) is 1.55. The molecule has 0 aliphatic heterocycles. The van der Waals surface area contributed by atoms with E-state index in [2.05, 4.69) is 21.4 Å². The van der Waals surface area contributed by atoms with Gasteiger partial charge in [0.05, 0.1) is 0 Å². The van der Waals surface area contributed by atoms with E-state index in [0.29, 0.717) is 17.2 Å². The normalized spacial score (nSPS) is 10.2. The lowest BCUT2D eigenvalue weighted by Crippen LogP contribution is -1.94. The van der Waals surface area contributed by atoms with Gasteiger partial charge in [-0.2, -0.15) is 5.26 Å². The van der Waals surface area contributed by atoms with Gasteiger partial charge in [0, 0.05) is 17.1 Å². The molecule has 0 bridgehead atoms. The van der Waals surface area contributed by atoms with Gasteiger partial charge in [-0.3, -0.25) is 0 Å². The number of benzene rings is 1. The molecule has 2 N–H and O–H groups in total. The molecule has 86 valence electrons. The van der Waals surface area contributed by atoms with Crippen molar-refractivity contribution < 1.29 is 0 Å². The highest BCUT2D eigenvalue weighted by Crippen LogP contribution is 2.26. The van der Waals surface area contributed by atoms with E-state index in [9.17, 15) is 5.26 Å². The lowest BCUT2D eigenvalue weighted by molar-refractivity contribution is 1.28. The Bertz CT molecular complexity index is 722. The summed E-state index contributed by atoms with van der Waals surface area (Å²) in [6.45, 7) is 0. The molecule has 0 unspecified atom stereocenters. The summed E-state index contributed by atoms with van der Waals surface area (Å²) in [5, 5.41) is 13.3. The molecular weight excluding hydrogens is 224 g/mol. The van der Waals surface area contributed by atoms with Gasteiger partial charge in [-0.05, 0) is 18.2 Å². The number of nitriles is 1. The summed E-state index contributed by atoms with van der Waals surface area (Å²) < 4.78 is 0. The maximum atomic E-state index is 9.25. The summed E-state index contributed by atoms with van der Waals surface area (Å²) in [6.07, 6.45) is 1.71. The average Bonchev–Trinajstić information content (AvgIpc) is 2.77. The molecule has 0 saturated heterocycles. The number of nitrogens with one attached hydrogen (secondary N) is 2. The Balaban J connectivity index is 2.10. The molecule has 0 atom stereocenters. The minimum atomic E-state index is 0.608. The first-order valence-corrected chi connectivity index (χ1v) is 5.57. The van der Waals surface area contributed by atoms with Gasteiger partial charge in [0.2, 0.25) is 0 Å². The fourth-order valence-electron chi connectivity index (χ4n) is 1.92. The van der Waals surface area contributed by atoms with Crippen LogP contribution in [0.25, 0.3) is 10.9 Å². The van der Waals surface area contributed by atoms with Gasteiger partial charge in [0.25, 0.3) is 0 Å². The van der Waals surface area contributed by atoms with Crippen molar-refractivity contribution >= 4 is 22.5 Å². The third kappa shape index (κ3) is 1.68. The van der Waals surface area contributed by atoms with Crippen molar-refractivity contribution in [2.24, 2.45) is 0 Å².